The van der Waals surface area contributed by atoms with E-state index in [0.717, 1.165) is 23.3 Å². The molecule has 0 bridgehead atoms. The summed E-state index contributed by atoms with van der Waals surface area (Å²) in [6.45, 7) is 16.6. The smallest absolute Gasteiger partial charge is 0.399 e. The van der Waals surface area contributed by atoms with Gasteiger partial charge in [0.1, 0.15) is 6.73 Å². The second-order valence-corrected chi connectivity index (χ2v) is 15.4. The summed E-state index contributed by atoms with van der Waals surface area (Å²) < 4.78 is 19.9. The van der Waals surface area contributed by atoms with Crippen LogP contribution < -0.4 is 5.46 Å². The molecule has 1 aliphatic rings. The SMILES string of the molecule is CC1(C)OB(c2ccc(-c3ccn(COCC[Si](C)(C)C)n3)cc2)OC1(C)C. The summed E-state index contributed by atoms with van der Waals surface area (Å²) in [7, 11) is -1.39. The van der Waals surface area contributed by atoms with Gasteiger partial charge in [0.25, 0.3) is 0 Å². The lowest BCUT2D eigenvalue weighted by atomic mass is 9.79. The van der Waals surface area contributed by atoms with Crippen LogP contribution in [-0.4, -0.2) is 42.8 Å². The Balaban J connectivity index is 1.60. The normalized spacial score (nSPS) is 18.6. The zero-order valence-electron chi connectivity index (χ0n) is 18.3. The Morgan fingerprint density at radius 3 is 2.18 bits per heavy atom. The van der Waals surface area contributed by atoms with Gasteiger partial charge in [-0.3, -0.25) is 0 Å². The van der Waals surface area contributed by atoms with Gasteiger partial charge in [0.2, 0.25) is 0 Å². The molecule has 2 aromatic rings. The monoisotopic (exact) mass is 400 g/mol. The van der Waals surface area contributed by atoms with Gasteiger partial charge in [-0.1, -0.05) is 43.9 Å². The van der Waals surface area contributed by atoms with Gasteiger partial charge in [-0.15, -0.1) is 0 Å². The zero-order valence-corrected chi connectivity index (χ0v) is 19.3. The first kappa shape index (κ1) is 21.3. The van der Waals surface area contributed by atoms with Crippen LogP contribution in [0.4, 0.5) is 0 Å². The van der Waals surface area contributed by atoms with Crippen LogP contribution in [0, 0.1) is 0 Å². The zero-order chi connectivity index (χ0) is 20.6. The van der Waals surface area contributed by atoms with E-state index < -0.39 is 8.07 Å². The highest BCUT2D eigenvalue weighted by Gasteiger charge is 2.51. The number of benzene rings is 1. The number of hydrogen-bond donors (Lipinski definition) is 0. The highest BCUT2D eigenvalue weighted by atomic mass is 28.3. The highest BCUT2D eigenvalue weighted by molar-refractivity contribution is 6.76. The molecule has 7 heteroatoms. The summed E-state index contributed by atoms with van der Waals surface area (Å²) in [6.07, 6.45) is 1.96. The van der Waals surface area contributed by atoms with Crippen molar-refractivity contribution in [3.05, 3.63) is 36.5 Å². The molecule has 0 radical (unpaired) electrons. The molecular weight excluding hydrogens is 367 g/mol. The Morgan fingerprint density at radius 1 is 1.00 bits per heavy atom. The first-order chi connectivity index (χ1) is 13.0. The van der Waals surface area contributed by atoms with Crippen molar-refractivity contribution in [2.24, 2.45) is 0 Å². The molecule has 0 spiro atoms. The molecule has 0 N–H and O–H groups in total. The standard InChI is InChI=1S/C21H33BN2O3Si/c1-20(2)21(3,4)27-22(26-20)18-10-8-17(9-11-18)19-12-13-24(23-19)16-25-14-15-28(5,6)7/h8-13H,14-16H2,1-7H3. The first-order valence-electron chi connectivity index (χ1n) is 10.0. The molecular formula is C21H33BN2O3Si. The molecule has 5 nitrogen and oxygen atoms in total. The van der Waals surface area contributed by atoms with Crippen molar-refractivity contribution in [3.8, 4) is 11.3 Å². The minimum atomic E-state index is -1.05. The number of rotatable bonds is 7. The molecule has 0 aliphatic carbocycles. The second kappa shape index (κ2) is 7.78. The van der Waals surface area contributed by atoms with Crippen molar-refractivity contribution in [2.75, 3.05) is 6.61 Å². The predicted octanol–water partition coefficient (Wildman–Crippen LogP) is 4.16. The van der Waals surface area contributed by atoms with E-state index in [1.54, 1.807) is 0 Å². The van der Waals surface area contributed by atoms with E-state index in [9.17, 15) is 0 Å². The summed E-state index contributed by atoms with van der Waals surface area (Å²) in [4.78, 5) is 0. The molecule has 1 fully saturated rings. The minimum absolute atomic E-state index is 0.329. The van der Waals surface area contributed by atoms with Gasteiger partial charge in [-0.2, -0.15) is 5.10 Å². The lowest BCUT2D eigenvalue weighted by Gasteiger charge is -2.32. The van der Waals surface area contributed by atoms with Gasteiger partial charge in [-0.05, 0) is 45.3 Å². The van der Waals surface area contributed by atoms with Gasteiger partial charge in [0.05, 0.1) is 16.9 Å². The molecule has 2 heterocycles. The van der Waals surface area contributed by atoms with Crippen molar-refractivity contribution < 1.29 is 14.0 Å². The van der Waals surface area contributed by atoms with Crippen molar-refractivity contribution >= 4 is 20.7 Å². The number of ether oxygens (including phenoxy) is 1. The van der Waals surface area contributed by atoms with E-state index in [2.05, 4.69) is 76.7 Å². The van der Waals surface area contributed by atoms with Crippen molar-refractivity contribution in [1.29, 1.82) is 0 Å². The molecule has 1 aromatic carbocycles. The molecule has 0 atom stereocenters. The lowest BCUT2D eigenvalue weighted by Crippen LogP contribution is -2.41. The molecule has 0 saturated carbocycles. The van der Waals surface area contributed by atoms with Crippen LogP contribution in [0.25, 0.3) is 11.3 Å². The predicted molar refractivity (Wildman–Crippen MR) is 117 cm³/mol. The molecule has 1 aromatic heterocycles. The maximum Gasteiger partial charge on any atom is 0.494 e. The van der Waals surface area contributed by atoms with Crippen LogP contribution in [0.5, 0.6) is 0 Å². The third kappa shape index (κ3) is 4.95. The maximum absolute atomic E-state index is 6.12. The van der Waals surface area contributed by atoms with E-state index in [4.69, 9.17) is 14.0 Å². The van der Waals surface area contributed by atoms with Crippen molar-refractivity contribution in [3.63, 3.8) is 0 Å². The summed E-state index contributed by atoms with van der Waals surface area (Å²) in [5.41, 5.74) is 2.38. The first-order valence-corrected chi connectivity index (χ1v) is 13.7. The van der Waals surface area contributed by atoms with Crippen LogP contribution in [0.15, 0.2) is 36.5 Å². The number of nitrogens with zero attached hydrogens (tertiary/aromatic N) is 2. The third-order valence-electron chi connectivity index (χ3n) is 5.59. The maximum atomic E-state index is 6.12. The molecule has 152 valence electrons. The van der Waals surface area contributed by atoms with Crippen LogP contribution in [-0.2, 0) is 20.8 Å². The second-order valence-electron chi connectivity index (χ2n) is 9.80. The minimum Gasteiger partial charge on any atom is -0.399 e. The Hall–Kier alpha value is -1.41. The van der Waals surface area contributed by atoms with Crippen LogP contribution in [0.1, 0.15) is 27.7 Å². The van der Waals surface area contributed by atoms with Crippen molar-refractivity contribution in [2.45, 2.75) is 71.3 Å². The topological polar surface area (TPSA) is 45.5 Å². The van der Waals surface area contributed by atoms with Gasteiger partial charge < -0.3 is 14.0 Å². The van der Waals surface area contributed by atoms with E-state index in [-0.39, 0.29) is 18.3 Å². The molecule has 1 aliphatic heterocycles. The van der Waals surface area contributed by atoms with Crippen LogP contribution in [0.2, 0.25) is 25.7 Å². The number of hydrogen-bond acceptors (Lipinski definition) is 4. The molecule has 0 amide bonds. The van der Waals surface area contributed by atoms with E-state index in [1.807, 2.05) is 16.9 Å². The van der Waals surface area contributed by atoms with Crippen LogP contribution >= 0.6 is 0 Å². The largest absolute Gasteiger partial charge is 0.494 e. The van der Waals surface area contributed by atoms with Crippen LogP contribution in [0.3, 0.4) is 0 Å². The lowest BCUT2D eigenvalue weighted by molar-refractivity contribution is 0.00578. The summed E-state index contributed by atoms with van der Waals surface area (Å²) in [5.74, 6) is 0. The van der Waals surface area contributed by atoms with E-state index in [1.165, 1.54) is 6.04 Å². The van der Waals surface area contributed by atoms with Gasteiger partial charge in [0.15, 0.2) is 0 Å². The molecule has 28 heavy (non-hydrogen) atoms. The Kier molecular flexibility index (Phi) is 5.92. The van der Waals surface area contributed by atoms with E-state index in [0.29, 0.717) is 6.73 Å². The fraction of sp³-hybridized carbons (Fsp3) is 0.571. The summed E-state index contributed by atoms with van der Waals surface area (Å²) in [5, 5.41) is 4.63. The molecule has 0 unspecified atom stereocenters. The van der Waals surface area contributed by atoms with Gasteiger partial charge >= 0.3 is 7.12 Å². The summed E-state index contributed by atoms with van der Waals surface area (Å²) in [6, 6.07) is 11.4. The number of aromatic nitrogens is 2. The average Bonchev–Trinajstić information content (AvgIpc) is 3.13. The highest BCUT2D eigenvalue weighted by Crippen LogP contribution is 2.36. The van der Waals surface area contributed by atoms with Gasteiger partial charge in [0, 0.05) is 26.4 Å². The quantitative estimate of drug-likeness (QED) is 0.517. The van der Waals surface area contributed by atoms with E-state index >= 15 is 0 Å². The van der Waals surface area contributed by atoms with Gasteiger partial charge in [-0.25, -0.2) is 4.68 Å². The fourth-order valence-electron chi connectivity index (χ4n) is 2.91. The Labute approximate surface area is 170 Å². The van der Waals surface area contributed by atoms with Crippen molar-refractivity contribution in [1.82, 2.24) is 9.78 Å². The Bertz CT molecular complexity index is 781. The third-order valence-corrected chi connectivity index (χ3v) is 7.30. The molecule has 3 rings (SSSR count). The average molecular weight is 400 g/mol. The summed E-state index contributed by atoms with van der Waals surface area (Å²) >= 11 is 0. The Morgan fingerprint density at radius 2 is 1.61 bits per heavy atom. The fourth-order valence-corrected chi connectivity index (χ4v) is 3.67. The molecule has 1 saturated heterocycles.